The molecular formula is C16H16BrIN2O. The zero-order chi connectivity index (χ0) is 15.4. The highest BCUT2D eigenvalue weighted by atomic mass is 127. The van der Waals surface area contributed by atoms with Crippen LogP contribution in [0.3, 0.4) is 0 Å². The third-order valence-electron chi connectivity index (χ3n) is 3.05. The van der Waals surface area contributed by atoms with Crippen LogP contribution >= 0.6 is 38.5 Å². The molecule has 0 unspecified atom stereocenters. The summed E-state index contributed by atoms with van der Waals surface area (Å²) in [7, 11) is 4.00. The normalized spacial score (nSPS) is 10.3. The van der Waals surface area contributed by atoms with E-state index in [9.17, 15) is 4.79 Å². The van der Waals surface area contributed by atoms with Crippen molar-refractivity contribution in [1.82, 2.24) is 5.32 Å². The predicted molar refractivity (Wildman–Crippen MR) is 98.8 cm³/mol. The van der Waals surface area contributed by atoms with Gasteiger partial charge in [0, 0.05) is 34.4 Å². The molecule has 2 aromatic carbocycles. The molecule has 0 aliphatic heterocycles. The number of amides is 1. The minimum absolute atomic E-state index is 0.0593. The Kier molecular flexibility index (Phi) is 5.64. The quantitative estimate of drug-likeness (QED) is 0.701. The van der Waals surface area contributed by atoms with Crippen molar-refractivity contribution in [2.24, 2.45) is 0 Å². The Morgan fingerprint density at radius 3 is 2.71 bits per heavy atom. The molecule has 1 amide bonds. The summed E-state index contributed by atoms with van der Waals surface area (Å²) in [6.45, 7) is 0.517. The van der Waals surface area contributed by atoms with E-state index >= 15 is 0 Å². The van der Waals surface area contributed by atoms with Crippen LogP contribution in [0.15, 0.2) is 46.9 Å². The molecule has 110 valence electrons. The van der Waals surface area contributed by atoms with E-state index in [1.165, 1.54) is 0 Å². The summed E-state index contributed by atoms with van der Waals surface area (Å²) >= 11 is 5.57. The minimum Gasteiger partial charge on any atom is -0.378 e. The van der Waals surface area contributed by atoms with Crippen LogP contribution in [0.5, 0.6) is 0 Å². The third-order valence-corrected chi connectivity index (χ3v) is 4.49. The summed E-state index contributed by atoms with van der Waals surface area (Å²) in [4.78, 5) is 14.3. The van der Waals surface area contributed by atoms with Gasteiger partial charge in [0.2, 0.25) is 0 Å². The average Bonchev–Trinajstić information content (AvgIpc) is 2.47. The smallest absolute Gasteiger partial charge is 0.252 e. The van der Waals surface area contributed by atoms with Crippen molar-refractivity contribution < 1.29 is 4.79 Å². The fraction of sp³-hybridized carbons (Fsp3) is 0.188. The Bertz CT molecular complexity index is 658. The summed E-state index contributed by atoms with van der Waals surface area (Å²) < 4.78 is 1.85. The van der Waals surface area contributed by atoms with E-state index in [1.807, 2.05) is 55.4 Å². The number of hydrogen-bond acceptors (Lipinski definition) is 2. The van der Waals surface area contributed by atoms with Gasteiger partial charge in [-0.25, -0.2) is 0 Å². The van der Waals surface area contributed by atoms with Gasteiger partial charge < -0.3 is 10.2 Å². The van der Waals surface area contributed by atoms with Crippen LogP contribution in [0, 0.1) is 3.57 Å². The van der Waals surface area contributed by atoms with Crippen molar-refractivity contribution in [3.63, 3.8) is 0 Å². The number of carbonyl (C=O) groups is 1. The first-order valence-electron chi connectivity index (χ1n) is 6.47. The van der Waals surface area contributed by atoms with Crippen LogP contribution in [0.4, 0.5) is 5.69 Å². The number of nitrogens with zero attached hydrogens (tertiary/aromatic N) is 1. The van der Waals surface area contributed by atoms with Gasteiger partial charge in [-0.3, -0.25) is 4.79 Å². The molecule has 2 rings (SSSR count). The number of halogens is 2. The number of rotatable bonds is 4. The Labute approximate surface area is 147 Å². The molecule has 2 aromatic rings. The van der Waals surface area contributed by atoms with Gasteiger partial charge in [-0.15, -0.1) is 0 Å². The van der Waals surface area contributed by atoms with E-state index in [2.05, 4.69) is 49.9 Å². The highest BCUT2D eigenvalue weighted by molar-refractivity contribution is 14.1. The molecule has 0 saturated heterocycles. The van der Waals surface area contributed by atoms with Gasteiger partial charge in [-0.1, -0.05) is 28.1 Å². The maximum atomic E-state index is 12.3. The molecule has 0 atom stereocenters. The highest BCUT2D eigenvalue weighted by Crippen LogP contribution is 2.19. The second-order valence-corrected chi connectivity index (χ2v) is 6.95. The van der Waals surface area contributed by atoms with Crippen molar-refractivity contribution in [2.75, 3.05) is 19.0 Å². The molecule has 0 fully saturated rings. The van der Waals surface area contributed by atoms with E-state index in [1.54, 1.807) is 0 Å². The van der Waals surface area contributed by atoms with Crippen LogP contribution in [0.2, 0.25) is 0 Å². The molecule has 0 heterocycles. The molecule has 0 aromatic heterocycles. The van der Waals surface area contributed by atoms with Crippen molar-refractivity contribution in [3.8, 4) is 0 Å². The number of benzene rings is 2. The Morgan fingerprint density at radius 1 is 1.24 bits per heavy atom. The van der Waals surface area contributed by atoms with Crippen molar-refractivity contribution in [2.45, 2.75) is 6.54 Å². The highest BCUT2D eigenvalue weighted by Gasteiger charge is 2.10. The first-order valence-corrected chi connectivity index (χ1v) is 8.34. The lowest BCUT2D eigenvalue weighted by Crippen LogP contribution is -2.23. The molecule has 0 aliphatic rings. The lowest BCUT2D eigenvalue weighted by atomic mass is 10.1. The first-order chi connectivity index (χ1) is 9.97. The monoisotopic (exact) mass is 458 g/mol. The van der Waals surface area contributed by atoms with E-state index < -0.39 is 0 Å². The largest absolute Gasteiger partial charge is 0.378 e. The number of anilines is 1. The van der Waals surface area contributed by atoms with Crippen molar-refractivity contribution in [3.05, 3.63) is 61.6 Å². The standard InChI is InChI=1S/C16H16BrIN2O/c1-20(2)13-5-3-4-11(8-13)10-19-16(21)14-9-12(17)6-7-15(14)18/h3-9H,10H2,1-2H3,(H,19,21). The van der Waals surface area contributed by atoms with Gasteiger partial charge in [0.25, 0.3) is 5.91 Å². The molecule has 3 nitrogen and oxygen atoms in total. The zero-order valence-corrected chi connectivity index (χ0v) is 15.6. The predicted octanol–water partition coefficient (Wildman–Crippen LogP) is 4.05. The van der Waals surface area contributed by atoms with E-state index in [-0.39, 0.29) is 5.91 Å². The van der Waals surface area contributed by atoms with Gasteiger partial charge in [-0.2, -0.15) is 0 Å². The lowest BCUT2D eigenvalue weighted by Gasteiger charge is -2.14. The molecule has 1 N–H and O–H groups in total. The van der Waals surface area contributed by atoms with Crippen LogP contribution in [0.25, 0.3) is 0 Å². The van der Waals surface area contributed by atoms with E-state index in [0.717, 1.165) is 19.3 Å². The Hall–Kier alpha value is -1.08. The minimum atomic E-state index is -0.0593. The molecule has 0 radical (unpaired) electrons. The fourth-order valence-electron chi connectivity index (χ4n) is 1.89. The summed E-state index contributed by atoms with van der Waals surface area (Å²) in [5, 5.41) is 2.97. The second-order valence-electron chi connectivity index (χ2n) is 4.87. The molecule has 21 heavy (non-hydrogen) atoms. The summed E-state index contributed by atoms with van der Waals surface area (Å²) in [6.07, 6.45) is 0. The maximum Gasteiger partial charge on any atom is 0.252 e. The van der Waals surface area contributed by atoms with Gasteiger partial charge in [0.15, 0.2) is 0 Å². The van der Waals surface area contributed by atoms with Gasteiger partial charge >= 0.3 is 0 Å². The molecule has 5 heteroatoms. The summed E-state index contributed by atoms with van der Waals surface area (Å²) in [6, 6.07) is 13.8. The summed E-state index contributed by atoms with van der Waals surface area (Å²) in [5.41, 5.74) is 2.90. The van der Waals surface area contributed by atoms with Gasteiger partial charge in [-0.05, 0) is 58.5 Å². The Balaban J connectivity index is 2.07. The van der Waals surface area contributed by atoms with Crippen LogP contribution in [-0.2, 0) is 6.54 Å². The first kappa shape index (κ1) is 16.3. The van der Waals surface area contributed by atoms with Crippen LogP contribution in [0.1, 0.15) is 15.9 Å². The number of hydrogen-bond donors (Lipinski definition) is 1. The van der Waals surface area contributed by atoms with Crippen molar-refractivity contribution >= 4 is 50.1 Å². The number of nitrogens with one attached hydrogen (secondary N) is 1. The third kappa shape index (κ3) is 4.44. The molecule has 0 bridgehead atoms. The zero-order valence-electron chi connectivity index (χ0n) is 11.9. The Morgan fingerprint density at radius 2 is 2.00 bits per heavy atom. The SMILES string of the molecule is CN(C)c1cccc(CNC(=O)c2cc(Br)ccc2I)c1. The maximum absolute atomic E-state index is 12.3. The molecule has 0 aliphatic carbocycles. The molecule has 0 saturated carbocycles. The van der Waals surface area contributed by atoms with E-state index in [0.29, 0.717) is 12.1 Å². The fourth-order valence-corrected chi connectivity index (χ4v) is 2.84. The number of carbonyl (C=O) groups excluding carboxylic acids is 1. The average molecular weight is 459 g/mol. The molecular weight excluding hydrogens is 443 g/mol. The van der Waals surface area contributed by atoms with Crippen molar-refractivity contribution in [1.29, 1.82) is 0 Å². The van der Waals surface area contributed by atoms with Crippen LogP contribution in [-0.4, -0.2) is 20.0 Å². The second kappa shape index (κ2) is 7.26. The van der Waals surface area contributed by atoms with Gasteiger partial charge in [0.05, 0.1) is 5.56 Å². The van der Waals surface area contributed by atoms with E-state index in [4.69, 9.17) is 0 Å². The summed E-state index contributed by atoms with van der Waals surface area (Å²) in [5.74, 6) is -0.0593. The topological polar surface area (TPSA) is 32.3 Å². The molecule has 0 spiro atoms. The lowest BCUT2D eigenvalue weighted by molar-refractivity contribution is 0.0950. The van der Waals surface area contributed by atoms with Gasteiger partial charge in [0.1, 0.15) is 0 Å². The van der Waals surface area contributed by atoms with Crippen LogP contribution < -0.4 is 10.2 Å².